The molecule has 0 radical (unpaired) electrons. The molecule has 1 aromatic heterocycles. The van der Waals surface area contributed by atoms with Gasteiger partial charge in [0.2, 0.25) is 0 Å². The first-order valence-electron chi connectivity index (χ1n) is 19.4. The molecule has 11 rings (SSSR count). The molecule has 11 aromatic rings. The standard InChI is InChI=1S/C55H36O/c1-3-12-37(13-4-1)47-20-11-21-50-52-35-51(48-18-9-10-19-49(48)55(52)56-54(47)50)39-24-29-42(30-25-39)53(40-15-5-2-6-16-40)41-27-22-36(23-28-41)43-32-33-46-44(34-43)31-26-38-14-7-8-17-45(38)46/h1-35,53H. The van der Waals surface area contributed by atoms with Gasteiger partial charge in [-0.25, -0.2) is 0 Å². The van der Waals surface area contributed by atoms with Crippen LogP contribution in [0.15, 0.2) is 217 Å². The molecule has 10 aromatic carbocycles. The van der Waals surface area contributed by atoms with Crippen LogP contribution in [0.4, 0.5) is 0 Å². The summed E-state index contributed by atoms with van der Waals surface area (Å²) < 4.78 is 6.76. The van der Waals surface area contributed by atoms with Gasteiger partial charge in [-0.15, -0.1) is 0 Å². The molecule has 0 saturated carbocycles. The Morgan fingerprint density at radius 1 is 0.268 bits per heavy atom. The molecule has 1 heteroatoms. The van der Waals surface area contributed by atoms with Crippen LogP contribution in [0.1, 0.15) is 22.6 Å². The largest absolute Gasteiger partial charge is 0.455 e. The van der Waals surface area contributed by atoms with E-state index in [1.807, 2.05) is 0 Å². The minimum Gasteiger partial charge on any atom is -0.455 e. The zero-order valence-corrected chi connectivity index (χ0v) is 30.7. The molecule has 0 amide bonds. The first-order valence-corrected chi connectivity index (χ1v) is 19.4. The number of rotatable bonds is 6. The van der Waals surface area contributed by atoms with Crippen LogP contribution in [0.5, 0.6) is 0 Å². The summed E-state index contributed by atoms with van der Waals surface area (Å²) in [5, 5.41) is 9.70. The van der Waals surface area contributed by atoms with Crippen LogP contribution < -0.4 is 0 Å². The van der Waals surface area contributed by atoms with Crippen LogP contribution in [-0.4, -0.2) is 0 Å². The highest BCUT2D eigenvalue weighted by molar-refractivity contribution is 6.20. The Kier molecular flexibility index (Phi) is 7.64. The molecule has 0 fully saturated rings. The van der Waals surface area contributed by atoms with Crippen molar-refractivity contribution in [3.63, 3.8) is 0 Å². The zero-order valence-electron chi connectivity index (χ0n) is 30.7. The number of benzene rings is 10. The summed E-state index contributed by atoms with van der Waals surface area (Å²) in [7, 11) is 0. The second-order valence-electron chi connectivity index (χ2n) is 14.8. The first kappa shape index (κ1) is 32.2. The maximum atomic E-state index is 6.76. The molecule has 1 unspecified atom stereocenters. The fourth-order valence-corrected chi connectivity index (χ4v) is 8.84. The van der Waals surface area contributed by atoms with E-state index < -0.39 is 0 Å². The summed E-state index contributed by atoms with van der Waals surface area (Å²) in [6.45, 7) is 0. The first-order chi connectivity index (χ1) is 27.8. The van der Waals surface area contributed by atoms with E-state index in [0.29, 0.717) is 0 Å². The van der Waals surface area contributed by atoms with Gasteiger partial charge in [-0.1, -0.05) is 200 Å². The number of furan rings is 1. The second-order valence-corrected chi connectivity index (χ2v) is 14.8. The molecule has 0 spiro atoms. The molecule has 56 heavy (non-hydrogen) atoms. The average Bonchev–Trinajstić information content (AvgIpc) is 3.66. The van der Waals surface area contributed by atoms with E-state index in [2.05, 4.69) is 212 Å². The van der Waals surface area contributed by atoms with Gasteiger partial charge in [-0.3, -0.25) is 0 Å². The van der Waals surface area contributed by atoms with E-state index in [0.717, 1.165) is 38.5 Å². The smallest absolute Gasteiger partial charge is 0.143 e. The van der Waals surface area contributed by atoms with Crippen molar-refractivity contribution in [3.8, 4) is 33.4 Å². The Labute approximate surface area is 325 Å². The highest BCUT2D eigenvalue weighted by Gasteiger charge is 2.20. The molecule has 1 nitrogen and oxygen atoms in total. The number of fused-ring (bicyclic) bond motifs is 8. The lowest BCUT2D eigenvalue weighted by Gasteiger charge is -2.20. The lowest BCUT2D eigenvalue weighted by molar-refractivity contribution is 0.674. The average molecular weight is 713 g/mol. The zero-order chi connectivity index (χ0) is 37.0. The van der Waals surface area contributed by atoms with E-state index in [1.54, 1.807) is 0 Å². The van der Waals surface area contributed by atoms with Gasteiger partial charge in [0.05, 0.1) is 0 Å². The SMILES string of the molecule is c1ccc(-c2cccc3c2oc2c4ccccc4c(-c4ccc(C(c5ccccc5)c5ccc(-c6ccc7c(ccc8ccccc87)c6)cc5)cc4)cc32)cc1. The molecule has 0 N–H and O–H groups in total. The van der Waals surface area contributed by atoms with Gasteiger partial charge in [0.1, 0.15) is 11.2 Å². The number of hydrogen-bond donors (Lipinski definition) is 0. The Balaban J connectivity index is 0.980. The lowest BCUT2D eigenvalue weighted by Crippen LogP contribution is -2.03. The van der Waals surface area contributed by atoms with Crippen molar-refractivity contribution in [2.45, 2.75) is 5.92 Å². The van der Waals surface area contributed by atoms with E-state index in [9.17, 15) is 0 Å². The predicted molar refractivity (Wildman–Crippen MR) is 236 cm³/mol. The summed E-state index contributed by atoms with van der Waals surface area (Å²) in [6, 6.07) is 77.2. The highest BCUT2D eigenvalue weighted by Crippen LogP contribution is 2.43. The minimum atomic E-state index is 0.0933. The van der Waals surface area contributed by atoms with Crippen molar-refractivity contribution < 1.29 is 4.42 Å². The van der Waals surface area contributed by atoms with Crippen LogP contribution in [0.2, 0.25) is 0 Å². The van der Waals surface area contributed by atoms with E-state index in [1.165, 1.54) is 65.9 Å². The van der Waals surface area contributed by atoms with Gasteiger partial charge >= 0.3 is 0 Å². The molecule has 1 heterocycles. The van der Waals surface area contributed by atoms with Gasteiger partial charge < -0.3 is 4.42 Å². The summed E-state index contributed by atoms with van der Waals surface area (Å²) in [6.07, 6.45) is 0. The summed E-state index contributed by atoms with van der Waals surface area (Å²) >= 11 is 0. The molecule has 0 aliphatic heterocycles. The number of hydrogen-bond acceptors (Lipinski definition) is 1. The second kappa shape index (κ2) is 13.3. The highest BCUT2D eigenvalue weighted by atomic mass is 16.3. The third kappa shape index (κ3) is 5.40. The minimum absolute atomic E-state index is 0.0933. The van der Waals surface area contributed by atoms with Crippen molar-refractivity contribution in [1.29, 1.82) is 0 Å². The Morgan fingerprint density at radius 2 is 0.804 bits per heavy atom. The molecular weight excluding hydrogens is 677 g/mol. The van der Waals surface area contributed by atoms with E-state index in [-0.39, 0.29) is 5.92 Å². The van der Waals surface area contributed by atoms with Crippen molar-refractivity contribution >= 4 is 54.3 Å². The normalized spacial score (nSPS) is 12.2. The van der Waals surface area contributed by atoms with Crippen LogP contribution in [0.3, 0.4) is 0 Å². The summed E-state index contributed by atoms with van der Waals surface area (Å²) in [4.78, 5) is 0. The number of para-hydroxylation sites is 1. The van der Waals surface area contributed by atoms with Gasteiger partial charge in [0, 0.05) is 27.6 Å². The molecule has 262 valence electrons. The van der Waals surface area contributed by atoms with Gasteiger partial charge in [-0.05, 0) is 83.6 Å². The Hall–Kier alpha value is -7.22. The van der Waals surface area contributed by atoms with E-state index >= 15 is 0 Å². The third-order valence-corrected chi connectivity index (χ3v) is 11.6. The van der Waals surface area contributed by atoms with Crippen molar-refractivity contribution in [2.75, 3.05) is 0 Å². The quantitative estimate of drug-likeness (QED) is 0.124. The van der Waals surface area contributed by atoms with Gasteiger partial charge in [0.15, 0.2) is 0 Å². The molecule has 0 aliphatic carbocycles. The summed E-state index contributed by atoms with van der Waals surface area (Å²) in [5.41, 5.74) is 12.8. The topological polar surface area (TPSA) is 13.1 Å². The summed E-state index contributed by atoms with van der Waals surface area (Å²) in [5.74, 6) is 0.0933. The fourth-order valence-electron chi connectivity index (χ4n) is 8.84. The van der Waals surface area contributed by atoms with Crippen molar-refractivity contribution in [3.05, 3.63) is 229 Å². The third-order valence-electron chi connectivity index (χ3n) is 11.6. The van der Waals surface area contributed by atoms with Gasteiger partial charge in [0.25, 0.3) is 0 Å². The molecule has 0 aliphatic rings. The molecular formula is C55H36O. The Morgan fingerprint density at radius 3 is 1.57 bits per heavy atom. The molecule has 0 bridgehead atoms. The fraction of sp³-hybridized carbons (Fsp3) is 0.0182. The van der Waals surface area contributed by atoms with E-state index in [4.69, 9.17) is 4.42 Å². The lowest BCUT2D eigenvalue weighted by atomic mass is 9.83. The monoisotopic (exact) mass is 712 g/mol. The van der Waals surface area contributed by atoms with Crippen LogP contribution >= 0.6 is 0 Å². The van der Waals surface area contributed by atoms with Crippen LogP contribution in [-0.2, 0) is 0 Å². The maximum Gasteiger partial charge on any atom is 0.143 e. The van der Waals surface area contributed by atoms with Crippen LogP contribution in [0.25, 0.3) is 87.6 Å². The Bertz CT molecular complexity index is 3210. The van der Waals surface area contributed by atoms with Gasteiger partial charge in [-0.2, -0.15) is 0 Å². The van der Waals surface area contributed by atoms with Crippen molar-refractivity contribution in [2.24, 2.45) is 0 Å². The molecule has 1 atom stereocenters. The maximum absolute atomic E-state index is 6.76. The predicted octanol–water partition coefficient (Wildman–Crippen LogP) is 15.2. The molecule has 0 saturated heterocycles. The van der Waals surface area contributed by atoms with Crippen LogP contribution in [0, 0.1) is 0 Å². The van der Waals surface area contributed by atoms with Crippen molar-refractivity contribution in [1.82, 2.24) is 0 Å².